The molecule has 1 aliphatic rings. The molecule has 2 heteroatoms. The molecule has 0 saturated carbocycles. The number of imidazole rings is 1. The third-order valence-electron chi connectivity index (χ3n) is 6.10. The van der Waals surface area contributed by atoms with Crippen LogP contribution in [0.1, 0.15) is 39.4 Å². The van der Waals surface area contributed by atoms with E-state index in [1.807, 2.05) is 0 Å². The van der Waals surface area contributed by atoms with Crippen LogP contribution >= 0.6 is 0 Å². The van der Waals surface area contributed by atoms with E-state index >= 15 is 0 Å². The molecule has 0 radical (unpaired) electrons. The van der Waals surface area contributed by atoms with Crippen molar-refractivity contribution in [3.63, 3.8) is 0 Å². The number of nitrogens with zero attached hydrogens (tertiary/aromatic N) is 2. The maximum absolute atomic E-state index is 5.11. The molecule has 3 aromatic rings. The van der Waals surface area contributed by atoms with Crippen LogP contribution in [0.3, 0.4) is 0 Å². The van der Waals surface area contributed by atoms with Crippen LogP contribution in [-0.2, 0) is 0 Å². The number of rotatable bonds is 5. The first-order valence-corrected chi connectivity index (χ1v) is 10.2. The quantitative estimate of drug-likeness (QED) is 0.444. The van der Waals surface area contributed by atoms with E-state index in [9.17, 15) is 0 Å². The summed E-state index contributed by atoms with van der Waals surface area (Å²) in [6.45, 7) is 6.78. The molecule has 0 aliphatic heterocycles. The molecule has 0 spiro atoms. The summed E-state index contributed by atoms with van der Waals surface area (Å²) >= 11 is 0. The zero-order valence-corrected chi connectivity index (χ0v) is 17.0. The fourth-order valence-corrected chi connectivity index (χ4v) is 4.40. The van der Waals surface area contributed by atoms with E-state index in [0.29, 0.717) is 5.92 Å². The number of para-hydroxylation sites is 3. The SMILES string of the molecule is CC=CC(C)(CC)C1CC=CC=C1c1nc2ccccc2n1-c1ccccc1. The van der Waals surface area contributed by atoms with Gasteiger partial charge in [-0.15, -0.1) is 0 Å². The van der Waals surface area contributed by atoms with E-state index in [1.165, 1.54) is 5.57 Å². The van der Waals surface area contributed by atoms with E-state index in [-0.39, 0.29) is 5.41 Å². The zero-order valence-electron chi connectivity index (χ0n) is 17.0. The first-order valence-electron chi connectivity index (χ1n) is 10.2. The predicted octanol–water partition coefficient (Wildman–Crippen LogP) is 6.98. The third kappa shape index (κ3) is 3.13. The molecular weight excluding hydrogens is 340 g/mol. The monoisotopic (exact) mass is 368 g/mol. The zero-order chi connectivity index (χ0) is 19.6. The molecule has 0 N–H and O–H groups in total. The average molecular weight is 369 g/mol. The second kappa shape index (κ2) is 7.63. The summed E-state index contributed by atoms with van der Waals surface area (Å²) in [5.41, 5.74) is 4.78. The Balaban J connectivity index is 1.95. The fourth-order valence-electron chi connectivity index (χ4n) is 4.40. The molecule has 28 heavy (non-hydrogen) atoms. The van der Waals surface area contributed by atoms with E-state index in [1.54, 1.807) is 0 Å². The minimum absolute atomic E-state index is 0.102. The number of hydrogen-bond donors (Lipinski definition) is 0. The number of aromatic nitrogens is 2. The Morgan fingerprint density at radius 2 is 1.86 bits per heavy atom. The lowest BCUT2D eigenvalue weighted by Gasteiger charge is -2.37. The molecule has 1 aliphatic carbocycles. The van der Waals surface area contributed by atoms with E-state index in [2.05, 4.69) is 110 Å². The highest BCUT2D eigenvalue weighted by Gasteiger charge is 2.35. The van der Waals surface area contributed by atoms with Gasteiger partial charge in [-0.05, 0) is 60.9 Å². The summed E-state index contributed by atoms with van der Waals surface area (Å²) in [4.78, 5) is 5.11. The second-order valence-corrected chi connectivity index (χ2v) is 7.79. The van der Waals surface area contributed by atoms with Gasteiger partial charge in [0, 0.05) is 5.69 Å². The minimum atomic E-state index is 0.102. The van der Waals surface area contributed by atoms with Crippen LogP contribution < -0.4 is 0 Å². The van der Waals surface area contributed by atoms with Gasteiger partial charge in [-0.2, -0.15) is 0 Å². The predicted molar refractivity (Wildman–Crippen MR) is 120 cm³/mol. The Morgan fingerprint density at radius 3 is 2.61 bits per heavy atom. The van der Waals surface area contributed by atoms with Crippen molar-refractivity contribution in [2.45, 2.75) is 33.6 Å². The Hall–Kier alpha value is -2.87. The van der Waals surface area contributed by atoms with Gasteiger partial charge in [0.25, 0.3) is 0 Å². The molecule has 1 aromatic heterocycles. The first kappa shape index (κ1) is 18.5. The van der Waals surface area contributed by atoms with Crippen molar-refractivity contribution in [1.82, 2.24) is 9.55 Å². The van der Waals surface area contributed by atoms with Crippen LogP contribution in [0.5, 0.6) is 0 Å². The van der Waals surface area contributed by atoms with Gasteiger partial charge < -0.3 is 0 Å². The molecule has 142 valence electrons. The molecule has 1 heterocycles. The van der Waals surface area contributed by atoms with Crippen LogP contribution in [0.15, 0.2) is 85.0 Å². The number of benzene rings is 2. The van der Waals surface area contributed by atoms with E-state index in [4.69, 9.17) is 4.98 Å². The molecule has 2 unspecified atom stereocenters. The fraction of sp³-hybridized carbons (Fsp3) is 0.269. The maximum Gasteiger partial charge on any atom is 0.141 e. The van der Waals surface area contributed by atoms with Gasteiger partial charge in [-0.25, -0.2) is 4.98 Å². The van der Waals surface area contributed by atoms with Crippen molar-refractivity contribution < 1.29 is 0 Å². The average Bonchev–Trinajstić information content (AvgIpc) is 3.14. The normalized spacial score (nSPS) is 19.1. The number of fused-ring (bicyclic) bond motifs is 1. The van der Waals surface area contributed by atoms with Crippen molar-refractivity contribution in [1.29, 1.82) is 0 Å². The van der Waals surface area contributed by atoms with Crippen molar-refractivity contribution >= 4 is 16.6 Å². The molecule has 0 bridgehead atoms. The molecule has 2 atom stereocenters. The topological polar surface area (TPSA) is 17.8 Å². The Labute approximate surface area is 167 Å². The standard InChI is InChI=1S/C26H28N2/c1-4-19-26(3,5-2)22-16-10-9-15-21(22)25-27-23-17-11-12-18-24(23)28(25)20-13-7-6-8-14-20/h4,6-15,17-19,22H,5,16H2,1-3H3. The Bertz CT molecular complexity index is 1050. The second-order valence-electron chi connectivity index (χ2n) is 7.79. The largest absolute Gasteiger partial charge is 0.293 e. The summed E-state index contributed by atoms with van der Waals surface area (Å²) in [6.07, 6.45) is 13.5. The molecule has 0 amide bonds. The van der Waals surface area contributed by atoms with Gasteiger partial charge in [-0.3, -0.25) is 4.57 Å². The van der Waals surface area contributed by atoms with Crippen LogP contribution in [0, 0.1) is 11.3 Å². The number of allylic oxidation sites excluding steroid dienone is 6. The van der Waals surface area contributed by atoms with Gasteiger partial charge in [0.2, 0.25) is 0 Å². The van der Waals surface area contributed by atoms with E-state index < -0.39 is 0 Å². The highest BCUT2D eigenvalue weighted by molar-refractivity contribution is 5.83. The first-order chi connectivity index (χ1) is 13.7. The smallest absolute Gasteiger partial charge is 0.141 e. The van der Waals surface area contributed by atoms with Crippen molar-refractivity contribution in [3.8, 4) is 5.69 Å². The van der Waals surface area contributed by atoms with Crippen molar-refractivity contribution in [3.05, 3.63) is 90.8 Å². The Morgan fingerprint density at radius 1 is 1.11 bits per heavy atom. The lowest BCUT2D eigenvalue weighted by Crippen LogP contribution is -2.27. The lowest BCUT2D eigenvalue weighted by atomic mass is 9.68. The molecule has 0 fully saturated rings. The van der Waals surface area contributed by atoms with Gasteiger partial charge in [0.15, 0.2) is 0 Å². The summed E-state index contributed by atoms with van der Waals surface area (Å²) in [6, 6.07) is 19.0. The lowest BCUT2D eigenvalue weighted by molar-refractivity contribution is 0.305. The molecule has 4 rings (SSSR count). The van der Waals surface area contributed by atoms with Gasteiger partial charge in [0.05, 0.1) is 11.0 Å². The van der Waals surface area contributed by atoms with Crippen LogP contribution in [-0.4, -0.2) is 9.55 Å². The van der Waals surface area contributed by atoms with Gasteiger partial charge >= 0.3 is 0 Å². The van der Waals surface area contributed by atoms with Crippen LogP contribution in [0.2, 0.25) is 0 Å². The van der Waals surface area contributed by atoms with E-state index in [0.717, 1.165) is 35.4 Å². The van der Waals surface area contributed by atoms with Gasteiger partial charge in [0.1, 0.15) is 5.82 Å². The molecular formula is C26H28N2. The summed E-state index contributed by atoms with van der Waals surface area (Å²) in [5, 5.41) is 0. The molecule has 0 saturated heterocycles. The summed E-state index contributed by atoms with van der Waals surface area (Å²) in [5.74, 6) is 1.46. The highest BCUT2D eigenvalue weighted by atomic mass is 15.1. The van der Waals surface area contributed by atoms with Gasteiger partial charge in [-0.1, -0.05) is 74.6 Å². The third-order valence-corrected chi connectivity index (χ3v) is 6.10. The van der Waals surface area contributed by atoms with Crippen LogP contribution in [0.25, 0.3) is 22.3 Å². The molecule has 2 nitrogen and oxygen atoms in total. The number of hydrogen-bond acceptors (Lipinski definition) is 1. The highest BCUT2D eigenvalue weighted by Crippen LogP contribution is 2.45. The minimum Gasteiger partial charge on any atom is -0.293 e. The Kier molecular flexibility index (Phi) is 5.04. The maximum atomic E-state index is 5.11. The van der Waals surface area contributed by atoms with Crippen molar-refractivity contribution in [2.24, 2.45) is 11.3 Å². The summed E-state index contributed by atoms with van der Waals surface area (Å²) in [7, 11) is 0. The summed E-state index contributed by atoms with van der Waals surface area (Å²) < 4.78 is 2.32. The van der Waals surface area contributed by atoms with Crippen LogP contribution in [0.4, 0.5) is 0 Å². The van der Waals surface area contributed by atoms with Crippen molar-refractivity contribution in [2.75, 3.05) is 0 Å². The molecule has 2 aromatic carbocycles.